The lowest BCUT2D eigenvalue weighted by atomic mass is 10.0. The molecule has 17 nitrogen and oxygen atoms in total. The van der Waals surface area contributed by atoms with Gasteiger partial charge < -0.3 is 51.5 Å². The van der Waals surface area contributed by atoms with Crippen molar-refractivity contribution in [1.82, 2.24) is 9.55 Å². The van der Waals surface area contributed by atoms with Crippen LogP contribution in [-0.4, -0.2) is 116 Å². The van der Waals surface area contributed by atoms with E-state index in [2.05, 4.69) is 49.6 Å². The number of amides is 1. The molecule has 1 amide bonds. The van der Waals surface area contributed by atoms with Gasteiger partial charge in [-0.3, -0.25) is 19.0 Å². The Labute approximate surface area is 347 Å². The van der Waals surface area contributed by atoms with E-state index >= 15 is 0 Å². The number of esters is 2. The SMILES string of the molecule is CC(=O)Nc1ccn([C@@H]2O[C@H](CO[Si](O[Si](C)(C)C)(O[Si](C)(C)C)C(c3ccccc3)c3ccccc3)[C@H](O)C2OC(OCCOC(C)=O)OCCOC(C)=O)c(=O)n1. The van der Waals surface area contributed by atoms with Gasteiger partial charge in [-0.1, -0.05) is 60.7 Å². The van der Waals surface area contributed by atoms with Crippen molar-refractivity contribution in [3.8, 4) is 0 Å². The number of hydrogen-bond acceptors (Lipinski definition) is 15. The molecule has 0 radical (unpaired) electrons. The molecule has 324 valence electrons. The molecule has 2 heterocycles. The quantitative estimate of drug-likeness (QED) is 0.0625. The zero-order valence-electron chi connectivity index (χ0n) is 35.1. The minimum Gasteiger partial charge on any atom is -0.463 e. The molecule has 1 unspecified atom stereocenters. The van der Waals surface area contributed by atoms with Crippen LogP contribution in [0, 0.1) is 0 Å². The van der Waals surface area contributed by atoms with Crippen LogP contribution >= 0.6 is 0 Å². The summed E-state index contributed by atoms with van der Waals surface area (Å²) < 4.78 is 56.6. The zero-order chi connectivity index (χ0) is 43.4. The fourth-order valence-corrected chi connectivity index (χ4v) is 16.8. The van der Waals surface area contributed by atoms with Gasteiger partial charge in [0.2, 0.25) is 5.91 Å². The monoisotopic (exact) mass is 875 g/mol. The average Bonchev–Trinajstić information content (AvgIpc) is 3.43. The normalized spacial score (nSPS) is 18.6. The maximum Gasteiger partial charge on any atom is 0.492 e. The predicted molar refractivity (Wildman–Crippen MR) is 222 cm³/mol. The average molecular weight is 876 g/mol. The molecule has 1 aromatic heterocycles. The lowest BCUT2D eigenvalue weighted by Crippen LogP contribution is -2.62. The molecule has 4 rings (SSSR count). The molecule has 20 heteroatoms. The van der Waals surface area contributed by atoms with E-state index in [4.69, 9.17) is 41.1 Å². The molecular formula is C39H57N3O14Si3. The highest BCUT2D eigenvalue weighted by Gasteiger charge is 2.57. The van der Waals surface area contributed by atoms with Gasteiger partial charge >= 0.3 is 26.4 Å². The van der Waals surface area contributed by atoms with Gasteiger partial charge in [-0.15, -0.1) is 0 Å². The van der Waals surface area contributed by atoms with Crippen LogP contribution < -0.4 is 11.0 Å². The third-order valence-electron chi connectivity index (χ3n) is 8.24. The van der Waals surface area contributed by atoms with Crippen molar-refractivity contribution < 1.29 is 60.6 Å². The number of rotatable bonds is 22. The number of carbonyl (C=O) groups is 3. The van der Waals surface area contributed by atoms with Crippen LogP contribution in [0.25, 0.3) is 0 Å². The topological polar surface area (TPSA) is 201 Å². The zero-order valence-corrected chi connectivity index (χ0v) is 38.1. The number of anilines is 1. The number of nitrogens with zero attached hydrogens (tertiary/aromatic N) is 2. The Morgan fingerprint density at radius 2 is 1.31 bits per heavy atom. The Morgan fingerprint density at radius 3 is 1.75 bits per heavy atom. The second kappa shape index (κ2) is 21.5. The summed E-state index contributed by atoms with van der Waals surface area (Å²) in [6.07, 6.45) is -4.00. The van der Waals surface area contributed by atoms with E-state index in [1.807, 2.05) is 60.7 Å². The van der Waals surface area contributed by atoms with E-state index in [1.165, 1.54) is 33.0 Å². The first-order valence-electron chi connectivity index (χ1n) is 19.3. The molecule has 0 bridgehead atoms. The van der Waals surface area contributed by atoms with Gasteiger partial charge in [0.25, 0.3) is 6.48 Å². The van der Waals surface area contributed by atoms with Crippen LogP contribution in [0.4, 0.5) is 5.82 Å². The van der Waals surface area contributed by atoms with E-state index in [0.29, 0.717) is 0 Å². The summed E-state index contributed by atoms with van der Waals surface area (Å²) in [5.41, 5.74) is 0.544. The van der Waals surface area contributed by atoms with E-state index in [1.54, 1.807) is 0 Å². The van der Waals surface area contributed by atoms with Gasteiger partial charge in [0.1, 0.15) is 37.3 Å². The van der Waals surface area contributed by atoms with E-state index in [0.717, 1.165) is 15.7 Å². The maximum atomic E-state index is 13.5. The first-order chi connectivity index (χ1) is 27.8. The van der Waals surface area contributed by atoms with Gasteiger partial charge in [-0.05, 0) is 56.5 Å². The Balaban J connectivity index is 1.77. The molecule has 4 atom stereocenters. The largest absolute Gasteiger partial charge is 0.492 e. The van der Waals surface area contributed by atoms with E-state index in [-0.39, 0.29) is 38.9 Å². The summed E-state index contributed by atoms with van der Waals surface area (Å²) in [7, 11) is -8.81. The summed E-state index contributed by atoms with van der Waals surface area (Å²) in [6, 6.07) is 21.1. The highest BCUT2D eigenvalue weighted by molar-refractivity contribution is 6.86. The van der Waals surface area contributed by atoms with Crippen LogP contribution in [0.5, 0.6) is 0 Å². The number of aliphatic hydroxyl groups excluding tert-OH is 1. The Hall–Kier alpha value is -3.94. The molecule has 59 heavy (non-hydrogen) atoms. The van der Waals surface area contributed by atoms with Crippen molar-refractivity contribution >= 4 is 49.1 Å². The fourth-order valence-electron chi connectivity index (χ4n) is 6.22. The van der Waals surface area contributed by atoms with Crippen LogP contribution in [0.1, 0.15) is 43.7 Å². The van der Waals surface area contributed by atoms with Crippen molar-refractivity contribution in [2.45, 2.75) is 96.6 Å². The lowest BCUT2D eigenvalue weighted by Gasteiger charge is -2.44. The van der Waals surface area contributed by atoms with Crippen molar-refractivity contribution in [2.24, 2.45) is 0 Å². The van der Waals surface area contributed by atoms with Crippen LogP contribution in [0.15, 0.2) is 77.7 Å². The molecule has 1 aliphatic rings. The van der Waals surface area contributed by atoms with Gasteiger partial charge in [0, 0.05) is 27.0 Å². The number of carbonyl (C=O) groups excluding carboxylic acids is 3. The third-order valence-corrected chi connectivity index (χ3v) is 17.4. The molecule has 1 fully saturated rings. The minimum absolute atomic E-state index is 0.00535. The van der Waals surface area contributed by atoms with Crippen LogP contribution in [0.3, 0.4) is 0 Å². The molecule has 2 N–H and O–H groups in total. The lowest BCUT2D eigenvalue weighted by molar-refractivity contribution is -0.321. The highest BCUT2D eigenvalue weighted by Crippen LogP contribution is 2.41. The second-order valence-electron chi connectivity index (χ2n) is 15.6. The summed E-state index contributed by atoms with van der Waals surface area (Å²) in [5, 5.41) is 14.6. The predicted octanol–water partition coefficient (Wildman–Crippen LogP) is 4.32. The number of aliphatic hydroxyl groups is 1. The van der Waals surface area contributed by atoms with Crippen molar-refractivity contribution in [1.29, 1.82) is 0 Å². The standard InChI is InChI=1S/C39H57N3O14Si3/c1-27(43)40-33-20-21-42(38(47)41-33)37-35(54-39(50-24-22-48-28(2)44)51-25-23-49-29(3)45)34(46)32(53-37)26-52-59(55-57(4,5)6,56-58(7,8)9)36(30-16-12-10-13-17-30)31-18-14-11-15-19-31/h10-21,32,34-37,39,46H,22-26H2,1-9H3,(H,40,41,43,47)/t32-,34+,35?,37-/m1/s1. The molecule has 0 saturated carbocycles. The first kappa shape index (κ1) is 47.7. The smallest absolute Gasteiger partial charge is 0.463 e. The number of ether oxygens (including phenoxy) is 6. The summed E-state index contributed by atoms with van der Waals surface area (Å²) in [5.74, 6) is -1.49. The highest BCUT2D eigenvalue weighted by atomic mass is 28.5. The van der Waals surface area contributed by atoms with Gasteiger partial charge in [0.05, 0.1) is 25.4 Å². The third kappa shape index (κ3) is 14.9. The fraction of sp³-hybridized carbons (Fsp3) is 0.513. The Bertz CT molecular complexity index is 1800. The number of nitrogens with one attached hydrogen (secondary N) is 1. The van der Waals surface area contributed by atoms with Gasteiger partial charge in [0.15, 0.2) is 22.9 Å². The van der Waals surface area contributed by atoms with E-state index in [9.17, 15) is 24.3 Å². The van der Waals surface area contributed by atoms with E-state index < -0.39 is 85.5 Å². The van der Waals surface area contributed by atoms with Gasteiger partial charge in [-0.2, -0.15) is 4.98 Å². The first-order valence-corrected chi connectivity index (χ1v) is 27.9. The number of hydrogen-bond donors (Lipinski definition) is 2. The number of benzene rings is 2. The van der Waals surface area contributed by atoms with Crippen LogP contribution in [-0.2, 0) is 55.5 Å². The molecule has 2 aromatic carbocycles. The maximum absolute atomic E-state index is 13.5. The summed E-state index contributed by atoms with van der Waals surface area (Å²) in [4.78, 5) is 52.0. The molecule has 1 saturated heterocycles. The molecular weight excluding hydrogens is 819 g/mol. The Kier molecular flexibility index (Phi) is 17.4. The minimum atomic E-state index is -3.89. The van der Waals surface area contributed by atoms with Gasteiger partial charge in [-0.25, -0.2) is 4.79 Å². The summed E-state index contributed by atoms with van der Waals surface area (Å²) >= 11 is 0. The molecule has 0 aliphatic carbocycles. The molecule has 3 aromatic rings. The van der Waals surface area contributed by atoms with Crippen molar-refractivity contribution in [2.75, 3.05) is 38.4 Å². The number of aromatic nitrogens is 2. The summed E-state index contributed by atoms with van der Waals surface area (Å²) in [6.45, 7) is 13.7. The molecule has 0 spiro atoms. The second-order valence-corrected chi connectivity index (χ2v) is 27.8. The Morgan fingerprint density at radius 1 is 0.797 bits per heavy atom. The van der Waals surface area contributed by atoms with Crippen molar-refractivity contribution in [3.63, 3.8) is 0 Å². The van der Waals surface area contributed by atoms with Crippen LogP contribution in [0.2, 0.25) is 39.3 Å². The van der Waals surface area contributed by atoms with Crippen molar-refractivity contribution in [3.05, 3.63) is 94.5 Å². The molecule has 1 aliphatic heterocycles.